The lowest BCUT2D eigenvalue weighted by Gasteiger charge is -2.23. The minimum absolute atomic E-state index is 0.122. The van der Waals surface area contributed by atoms with Crippen LogP contribution in [0.25, 0.3) is 10.9 Å². The molecule has 10 heteroatoms. The molecule has 1 aromatic heterocycles. The molecule has 0 unspecified atom stereocenters. The Labute approximate surface area is 251 Å². The van der Waals surface area contributed by atoms with Crippen LogP contribution in [0, 0.1) is 6.92 Å². The first kappa shape index (κ1) is 28.8. The lowest BCUT2D eigenvalue weighted by Crippen LogP contribution is -2.25. The molecule has 1 fully saturated rings. The molecule has 1 aliphatic rings. The number of hydrogen-bond donors (Lipinski definition) is 1. The fourth-order valence-electron chi connectivity index (χ4n) is 5.05. The number of para-hydroxylation sites is 1. The van der Waals surface area contributed by atoms with Crippen LogP contribution in [0.2, 0.25) is 5.02 Å². The lowest BCUT2D eigenvalue weighted by atomic mass is 9.88. The third kappa shape index (κ3) is 6.63. The molecular formula is C31H30BrClN4O4. The Hall–Kier alpha value is -3.69. The van der Waals surface area contributed by atoms with E-state index in [1.165, 1.54) is 24.4 Å². The molecule has 0 spiro atoms. The number of rotatable bonds is 8. The van der Waals surface area contributed by atoms with E-state index < -0.39 is 0 Å². The zero-order valence-electron chi connectivity index (χ0n) is 22.8. The standard InChI is InChI=1S/C31H30BrClN4O4/c1-19-8-6-7-11-25(19)35-28(38)18-41-29-21(14-23(33)16-27(29)40-2)17-34-37-30(20-9-4-3-5-10-20)36-26-13-12-22(32)15-24(26)31(37)39/h6-8,11-17,20H,3-5,9-10,18H2,1-2H3,(H,35,38). The van der Waals surface area contributed by atoms with E-state index in [9.17, 15) is 9.59 Å². The Morgan fingerprint density at radius 1 is 1.17 bits per heavy atom. The van der Waals surface area contributed by atoms with Gasteiger partial charge in [0.05, 0.1) is 24.2 Å². The monoisotopic (exact) mass is 636 g/mol. The van der Waals surface area contributed by atoms with E-state index in [1.807, 2.05) is 43.3 Å². The van der Waals surface area contributed by atoms with Gasteiger partial charge in [0.25, 0.3) is 11.5 Å². The van der Waals surface area contributed by atoms with Gasteiger partial charge in [0.1, 0.15) is 5.82 Å². The maximum Gasteiger partial charge on any atom is 0.282 e. The molecule has 41 heavy (non-hydrogen) atoms. The highest BCUT2D eigenvalue weighted by Crippen LogP contribution is 2.35. The first-order valence-corrected chi connectivity index (χ1v) is 14.6. The molecule has 1 amide bonds. The Balaban J connectivity index is 1.51. The van der Waals surface area contributed by atoms with Crippen molar-refractivity contribution in [3.63, 3.8) is 0 Å². The number of anilines is 1. The van der Waals surface area contributed by atoms with Crippen molar-refractivity contribution in [2.45, 2.75) is 44.9 Å². The second-order valence-electron chi connectivity index (χ2n) is 10.0. The molecule has 212 valence electrons. The minimum atomic E-state index is -0.334. The number of methoxy groups -OCH3 is 1. The molecule has 3 aromatic carbocycles. The van der Waals surface area contributed by atoms with Crippen LogP contribution in [0.5, 0.6) is 11.5 Å². The predicted octanol–water partition coefficient (Wildman–Crippen LogP) is 7.08. The van der Waals surface area contributed by atoms with Crippen molar-refractivity contribution < 1.29 is 14.3 Å². The van der Waals surface area contributed by atoms with Gasteiger partial charge < -0.3 is 14.8 Å². The van der Waals surface area contributed by atoms with Crippen molar-refractivity contribution in [1.82, 2.24) is 9.66 Å². The zero-order chi connectivity index (χ0) is 28.9. The highest BCUT2D eigenvalue weighted by Gasteiger charge is 2.23. The number of aromatic nitrogens is 2. The largest absolute Gasteiger partial charge is 0.493 e. The van der Waals surface area contributed by atoms with Crippen LogP contribution in [-0.4, -0.2) is 35.5 Å². The van der Waals surface area contributed by atoms with E-state index in [-0.39, 0.29) is 29.7 Å². The number of ether oxygens (including phenoxy) is 2. The first-order chi connectivity index (χ1) is 19.8. The van der Waals surface area contributed by atoms with Crippen LogP contribution >= 0.6 is 27.5 Å². The number of hydrogen-bond acceptors (Lipinski definition) is 6. The van der Waals surface area contributed by atoms with Gasteiger partial charge in [-0.2, -0.15) is 9.78 Å². The molecule has 5 rings (SSSR count). The van der Waals surface area contributed by atoms with Crippen molar-refractivity contribution in [2.75, 3.05) is 19.0 Å². The number of benzene rings is 3. The van der Waals surface area contributed by atoms with E-state index >= 15 is 0 Å². The summed E-state index contributed by atoms with van der Waals surface area (Å²) in [5.41, 5.74) is 2.47. The summed E-state index contributed by atoms with van der Waals surface area (Å²) in [5.74, 6) is 1.04. The molecule has 4 aromatic rings. The Morgan fingerprint density at radius 3 is 2.71 bits per heavy atom. The molecule has 1 heterocycles. The average molecular weight is 638 g/mol. The van der Waals surface area contributed by atoms with E-state index in [1.54, 1.807) is 18.2 Å². The maximum atomic E-state index is 13.7. The number of amides is 1. The van der Waals surface area contributed by atoms with Crippen molar-refractivity contribution in [3.05, 3.63) is 91.4 Å². The van der Waals surface area contributed by atoms with Crippen LogP contribution in [0.4, 0.5) is 5.69 Å². The van der Waals surface area contributed by atoms with Crippen LogP contribution in [0.3, 0.4) is 0 Å². The fraction of sp³-hybridized carbons (Fsp3) is 0.290. The molecule has 0 saturated heterocycles. The summed E-state index contributed by atoms with van der Waals surface area (Å²) >= 11 is 9.84. The van der Waals surface area contributed by atoms with Crippen molar-refractivity contribution in [3.8, 4) is 11.5 Å². The number of nitrogens with one attached hydrogen (secondary N) is 1. The smallest absolute Gasteiger partial charge is 0.282 e. The topological polar surface area (TPSA) is 94.8 Å². The van der Waals surface area contributed by atoms with E-state index in [2.05, 4.69) is 26.3 Å². The summed E-state index contributed by atoms with van der Waals surface area (Å²) < 4.78 is 13.6. The van der Waals surface area contributed by atoms with Crippen LogP contribution in [0.15, 0.2) is 69.0 Å². The van der Waals surface area contributed by atoms with Gasteiger partial charge in [-0.05, 0) is 55.7 Å². The van der Waals surface area contributed by atoms with Crippen LogP contribution in [-0.2, 0) is 4.79 Å². The van der Waals surface area contributed by atoms with Crippen LogP contribution in [0.1, 0.15) is 55.0 Å². The average Bonchev–Trinajstić information content (AvgIpc) is 2.97. The van der Waals surface area contributed by atoms with Crippen molar-refractivity contribution in [1.29, 1.82) is 0 Å². The van der Waals surface area contributed by atoms with E-state index in [0.717, 1.165) is 35.7 Å². The minimum Gasteiger partial charge on any atom is -0.493 e. The number of halogens is 2. The van der Waals surface area contributed by atoms with Gasteiger partial charge in [-0.1, -0.05) is 65.0 Å². The van der Waals surface area contributed by atoms with Gasteiger partial charge in [-0.15, -0.1) is 0 Å². The number of aryl methyl sites for hydroxylation is 1. The zero-order valence-corrected chi connectivity index (χ0v) is 25.2. The van der Waals surface area contributed by atoms with Gasteiger partial charge >= 0.3 is 0 Å². The summed E-state index contributed by atoms with van der Waals surface area (Å²) in [6.45, 7) is 1.64. The first-order valence-electron chi connectivity index (χ1n) is 13.5. The van der Waals surface area contributed by atoms with Crippen molar-refractivity contribution in [2.24, 2.45) is 5.10 Å². The summed E-state index contributed by atoms with van der Waals surface area (Å²) in [4.78, 5) is 31.3. The number of nitrogens with zero attached hydrogens (tertiary/aromatic N) is 3. The van der Waals surface area contributed by atoms with Gasteiger partial charge in [-0.3, -0.25) is 9.59 Å². The molecule has 0 bridgehead atoms. The molecule has 0 radical (unpaired) electrons. The molecule has 1 N–H and O–H groups in total. The summed E-state index contributed by atoms with van der Waals surface area (Å²) in [5, 5.41) is 8.33. The highest BCUT2D eigenvalue weighted by molar-refractivity contribution is 9.10. The fourth-order valence-corrected chi connectivity index (χ4v) is 5.63. The van der Waals surface area contributed by atoms with Gasteiger partial charge in [0.2, 0.25) is 0 Å². The Bertz CT molecular complexity index is 1680. The van der Waals surface area contributed by atoms with Crippen molar-refractivity contribution >= 4 is 56.2 Å². The van der Waals surface area contributed by atoms with Gasteiger partial charge in [0.15, 0.2) is 18.1 Å². The third-order valence-electron chi connectivity index (χ3n) is 7.15. The summed E-state index contributed by atoms with van der Waals surface area (Å²) in [6, 6.07) is 16.2. The Kier molecular flexibility index (Phi) is 9.05. The Morgan fingerprint density at radius 2 is 1.95 bits per heavy atom. The lowest BCUT2D eigenvalue weighted by molar-refractivity contribution is -0.118. The molecular weight excluding hydrogens is 608 g/mol. The molecule has 8 nitrogen and oxygen atoms in total. The highest BCUT2D eigenvalue weighted by atomic mass is 79.9. The summed E-state index contributed by atoms with van der Waals surface area (Å²) in [6.07, 6.45) is 6.72. The molecule has 0 aliphatic heterocycles. The molecule has 0 atom stereocenters. The SMILES string of the molecule is COc1cc(Cl)cc(C=Nn2c(C3CCCCC3)nc3ccc(Br)cc3c2=O)c1OCC(=O)Nc1ccccc1C. The second kappa shape index (κ2) is 12.9. The van der Waals surface area contributed by atoms with E-state index in [0.29, 0.717) is 38.8 Å². The normalized spacial score (nSPS) is 14.0. The third-order valence-corrected chi connectivity index (χ3v) is 7.86. The number of fused-ring (bicyclic) bond motifs is 1. The van der Waals surface area contributed by atoms with Gasteiger partial charge in [0, 0.05) is 32.7 Å². The van der Waals surface area contributed by atoms with Gasteiger partial charge in [-0.25, -0.2) is 4.98 Å². The molecule has 1 aliphatic carbocycles. The summed E-state index contributed by atoms with van der Waals surface area (Å²) in [7, 11) is 1.49. The quantitative estimate of drug-likeness (QED) is 0.209. The second-order valence-corrected chi connectivity index (χ2v) is 11.4. The predicted molar refractivity (Wildman–Crippen MR) is 166 cm³/mol. The maximum absolute atomic E-state index is 13.7. The number of carbonyl (C=O) groups is 1. The van der Waals surface area contributed by atoms with E-state index in [4.69, 9.17) is 26.1 Å². The number of carbonyl (C=O) groups excluding carboxylic acids is 1. The van der Waals surface area contributed by atoms with Crippen LogP contribution < -0.4 is 20.3 Å². The molecule has 1 saturated carbocycles.